The Hall–Kier alpha value is -1.68. The highest BCUT2D eigenvalue weighted by atomic mass is 35.5. The average Bonchev–Trinajstić information content (AvgIpc) is 2.28. The van der Waals surface area contributed by atoms with Gasteiger partial charge in [-0.15, -0.1) is 24.8 Å². The highest BCUT2D eigenvalue weighted by molar-refractivity contribution is 6.17. The zero-order chi connectivity index (χ0) is 13.8. The van der Waals surface area contributed by atoms with E-state index in [1.54, 1.807) is 0 Å². The van der Waals surface area contributed by atoms with Gasteiger partial charge in [0.25, 0.3) is 5.88 Å². The topological polar surface area (TPSA) is 55.1 Å². The Labute approximate surface area is 106 Å². The third-order valence-corrected chi connectivity index (χ3v) is 2.28. The van der Waals surface area contributed by atoms with Crippen molar-refractivity contribution in [3.63, 3.8) is 0 Å². The molecule has 0 amide bonds. The first kappa shape index (κ1) is 14.4. The number of ether oxygens (including phenoxy) is 2. The molecule has 0 radical (unpaired) electrons. The zero-order valence-electron chi connectivity index (χ0n) is 9.21. The Morgan fingerprint density at radius 1 is 1.50 bits per heavy atom. The predicted molar refractivity (Wildman–Crippen MR) is 56.3 cm³/mol. The molecule has 18 heavy (non-hydrogen) atoms. The van der Waals surface area contributed by atoms with Crippen LogP contribution in [0.3, 0.4) is 0 Å². The summed E-state index contributed by atoms with van der Waals surface area (Å²) < 4.78 is 45.0. The highest BCUT2D eigenvalue weighted by Crippen LogP contribution is 2.35. The Bertz CT molecular complexity index is 471. The maximum atomic E-state index is 12.1. The van der Waals surface area contributed by atoms with E-state index in [2.05, 4.69) is 9.72 Å². The molecule has 98 valence electrons. The first-order valence-corrected chi connectivity index (χ1v) is 5.19. The molecule has 0 saturated carbocycles. The number of nitriles is 1. The predicted octanol–water partition coefficient (Wildman–Crippen LogP) is 2.79. The van der Waals surface area contributed by atoms with Gasteiger partial charge in [-0.25, -0.2) is 4.98 Å². The second-order valence-electron chi connectivity index (χ2n) is 3.12. The van der Waals surface area contributed by atoms with Gasteiger partial charge < -0.3 is 9.47 Å². The summed E-state index contributed by atoms with van der Waals surface area (Å²) in [6.45, 7) is 0. The van der Waals surface area contributed by atoms with Crippen LogP contribution < -0.4 is 9.47 Å². The van der Waals surface area contributed by atoms with Crippen molar-refractivity contribution in [1.82, 2.24) is 4.98 Å². The van der Waals surface area contributed by atoms with E-state index in [0.717, 1.165) is 6.20 Å². The van der Waals surface area contributed by atoms with Crippen molar-refractivity contribution in [3.05, 3.63) is 17.3 Å². The van der Waals surface area contributed by atoms with Crippen LogP contribution in [-0.2, 0) is 12.3 Å². The summed E-state index contributed by atoms with van der Waals surface area (Å²) in [4.78, 5) is 3.49. The van der Waals surface area contributed by atoms with Gasteiger partial charge in [0, 0.05) is 11.8 Å². The molecule has 0 aliphatic carbocycles. The molecule has 1 aromatic heterocycles. The molecule has 0 bridgehead atoms. The monoisotopic (exact) mass is 280 g/mol. The molecule has 0 unspecified atom stereocenters. The third kappa shape index (κ3) is 3.40. The smallest absolute Gasteiger partial charge is 0.491 e. The maximum absolute atomic E-state index is 12.1. The minimum absolute atomic E-state index is 0.0300. The van der Waals surface area contributed by atoms with E-state index in [4.69, 9.17) is 21.6 Å². The number of aromatic nitrogens is 1. The van der Waals surface area contributed by atoms with Crippen molar-refractivity contribution in [2.45, 2.75) is 18.7 Å². The number of methoxy groups -OCH3 is 1. The fraction of sp³-hybridized carbons (Fsp3) is 0.400. The molecule has 0 fully saturated rings. The minimum Gasteiger partial charge on any atom is -0.491 e. The molecule has 1 aromatic rings. The van der Waals surface area contributed by atoms with Gasteiger partial charge in [0.1, 0.15) is 0 Å². The van der Waals surface area contributed by atoms with E-state index in [0.29, 0.717) is 5.56 Å². The highest BCUT2D eigenvalue weighted by Gasteiger charge is 2.34. The van der Waals surface area contributed by atoms with Gasteiger partial charge in [0.05, 0.1) is 25.5 Å². The van der Waals surface area contributed by atoms with Crippen LogP contribution in [0.1, 0.15) is 11.1 Å². The number of alkyl halides is 4. The molecule has 0 aliphatic heterocycles. The summed E-state index contributed by atoms with van der Waals surface area (Å²) in [5.41, 5.74) is 0.661. The summed E-state index contributed by atoms with van der Waals surface area (Å²) in [5.74, 6) is -1.05. The lowest BCUT2D eigenvalue weighted by Crippen LogP contribution is -2.19. The van der Waals surface area contributed by atoms with Crippen molar-refractivity contribution in [2.75, 3.05) is 7.11 Å². The number of hydrogen-bond acceptors (Lipinski definition) is 4. The number of rotatable bonds is 4. The van der Waals surface area contributed by atoms with Crippen LogP contribution in [0, 0.1) is 11.3 Å². The standard InChI is InChI=1S/C10H8ClF3N2O2/c1-17-8-7(4-11)6(2-3-15)5-16-9(8)18-10(12,13)14/h5H,2,4H2,1H3. The fourth-order valence-corrected chi connectivity index (χ4v) is 1.62. The molecule has 0 atom stereocenters. The third-order valence-electron chi connectivity index (χ3n) is 2.01. The average molecular weight is 281 g/mol. The normalized spacial score (nSPS) is 10.9. The second kappa shape index (κ2) is 5.78. The van der Waals surface area contributed by atoms with E-state index < -0.39 is 12.2 Å². The lowest BCUT2D eigenvalue weighted by Gasteiger charge is -2.15. The van der Waals surface area contributed by atoms with Gasteiger partial charge in [0.2, 0.25) is 0 Å². The summed E-state index contributed by atoms with van der Waals surface area (Å²) >= 11 is 5.64. The zero-order valence-corrected chi connectivity index (χ0v) is 9.97. The van der Waals surface area contributed by atoms with E-state index in [1.165, 1.54) is 7.11 Å². The molecule has 0 N–H and O–H groups in total. The van der Waals surface area contributed by atoms with Crippen LogP contribution in [0.15, 0.2) is 6.20 Å². The van der Waals surface area contributed by atoms with Gasteiger partial charge in [-0.05, 0) is 5.56 Å². The van der Waals surface area contributed by atoms with E-state index in [1.807, 2.05) is 6.07 Å². The van der Waals surface area contributed by atoms with Gasteiger partial charge >= 0.3 is 6.36 Å². The maximum Gasteiger partial charge on any atom is 0.574 e. The Morgan fingerprint density at radius 3 is 2.61 bits per heavy atom. The SMILES string of the molecule is COc1c(OC(F)(F)F)ncc(CC#N)c1CCl. The van der Waals surface area contributed by atoms with E-state index in [9.17, 15) is 13.2 Å². The molecule has 4 nitrogen and oxygen atoms in total. The van der Waals surface area contributed by atoms with E-state index >= 15 is 0 Å². The van der Waals surface area contributed by atoms with Gasteiger partial charge in [-0.3, -0.25) is 0 Å². The quantitative estimate of drug-likeness (QED) is 0.796. The largest absolute Gasteiger partial charge is 0.574 e. The molecule has 0 saturated heterocycles. The van der Waals surface area contributed by atoms with Crippen molar-refractivity contribution < 1.29 is 22.6 Å². The van der Waals surface area contributed by atoms with Gasteiger partial charge in [-0.2, -0.15) is 5.26 Å². The van der Waals surface area contributed by atoms with Crippen LogP contribution >= 0.6 is 11.6 Å². The lowest BCUT2D eigenvalue weighted by molar-refractivity contribution is -0.276. The minimum atomic E-state index is -4.87. The van der Waals surface area contributed by atoms with Crippen LogP contribution in [0.25, 0.3) is 0 Å². The number of nitrogens with zero attached hydrogens (tertiary/aromatic N) is 2. The first-order chi connectivity index (χ1) is 8.42. The summed E-state index contributed by atoms with van der Waals surface area (Å²) in [5, 5.41) is 8.59. The van der Waals surface area contributed by atoms with Crippen molar-refractivity contribution >= 4 is 11.6 Å². The van der Waals surface area contributed by atoms with Crippen molar-refractivity contribution in [3.8, 4) is 17.7 Å². The van der Waals surface area contributed by atoms with Crippen molar-refractivity contribution in [1.29, 1.82) is 5.26 Å². The molecule has 1 heterocycles. The van der Waals surface area contributed by atoms with Crippen LogP contribution in [0.4, 0.5) is 13.2 Å². The van der Waals surface area contributed by atoms with Gasteiger partial charge in [0.15, 0.2) is 5.75 Å². The van der Waals surface area contributed by atoms with Gasteiger partial charge in [-0.1, -0.05) is 0 Å². The van der Waals surface area contributed by atoms with E-state index in [-0.39, 0.29) is 23.6 Å². The second-order valence-corrected chi connectivity index (χ2v) is 3.38. The van der Waals surface area contributed by atoms with Crippen molar-refractivity contribution in [2.24, 2.45) is 0 Å². The van der Waals surface area contributed by atoms with Crippen LogP contribution in [-0.4, -0.2) is 18.5 Å². The van der Waals surface area contributed by atoms with Crippen LogP contribution in [0.2, 0.25) is 0 Å². The fourth-order valence-electron chi connectivity index (χ4n) is 1.32. The molecule has 1 rings (SSSR count). The first-order valence-electron chi connectivity index (χ1n) is 4.66. The molecular formula is C10H8ClF3N2O2. The number of hydrogen-bond donors (Lipinski definition) is 0. The molecule has 0 spiro atoms. The molecule has 8 heteroatoms. The summed E-state index contributed by atoms with van der Waals surface area (Å²) in [6, 6.07) is 1.86. The number of pyridine rings is 1. The Morgan fingerprint density at radius 2 is 2.17 bits per heavy atom. The molecule has 0 aliphatic rings. The Kier molecular flexibility index (Phi) is 4.62. The molecular weight excluding hydrogens is 273 g/mol. The van der Waals surface area contributed by atoms with Crippen LogP contribution in [0.5, 0.6) is 11.6 Å². The Balaban J connectivity index is 3.26. The molecule has 0 aromatic carbocycles. The lowest BCUT2D eigenvalue weighted by atomic mass is 10.1. The summed E-state index contributed by atoms with van der Waals surface area (Å²) in [7, 11) is 1.17. The summed E-state index contributed by atoms with van der Waals surface area (Å²) in [6.07, 6.45) is -3.79. The number of halogens is 4.